The summed E-state index contributed by atoms with van der Waals surface area (Å²) in [6.07, 6.45) is 0. The zero-order valence-electron chi connectivity index (χ0n) is 12.5. The number of para-hydroxylation sites is 1. The van der Waals surface area contributed by atoms with Crippen LogP contribution in [-0.2, 0) is 0 Å². The van der Waals surface area contributed by atoms with Crippen molar-refractivity contribution in [1.29, 1.82) is 0 Å². The average molecular weight is 309 g/mol. The molecule has 1 aromatic heterocycles. The quantitative estimate of drug-likeness (QED) is 0.801. The lowest BCUT2D eigenvalue weighted by Gasteiger charge is -2.08. The fourth-order valence-corrected chi connectivity index (χ4v) is 2.24. The van der Waals surface area contributed by atoms with Gasteiger partial charge in [0.15, 0.2) is 11.2 Å². The first-order valence-corrected chi connectivity index (χ1v) is 7.24. The van der Waals surface area contributed by atoms with Crippen LogP contribution in [0, 0.1) is 0 Å². The second-order valence-corrected chi connectivity index (χ2v) is 4.89. The average Bonchev–Trinajstić information content (AvgIpc) is 2.55. The van der Waals surface area contributed by atoms with Crippen molar-refractivity contribution in [3.8, 4) is 5.75 Å². The molecule has 0 fully saturated rings. The number of amides is 1. The molecule has 116 valence electrons. The van der Waals surface area contributed by atoms with E-state index in [0.29, 0.717) is 29.0 Å². The Bertz CT molecular complexity index is 914. The molecule has 3 rings (SSSR count). The molecule has 0 unspecified atom stereocenters. The van der Waals surface area contributed by atoms with Crippen LogP contribution in [0.4, 0.5) is 5.69 Å². The Balaban J connectivity index is 1.89. The van der Waals surface area contributed by atoms with E-state index in [1.54, 1.807) is 48.5 Å². The van der Waals surface area contributed by atoms with Gasteiger partial charge in [0.1, 0.15) is 11.3 Å². The van der Waals surface area contributed by atoms with Crippen molar-refractivity contribution in [2.24, 2.45) is 0 Å². The summed E-state index contributed by atoms with van der Waals surface area (Å²) in [6, 6.07) is 15.0. The first-order chi connectivity index (χ1) is 11.2. The summed E-state index contributed by atoms with van der Waals surface area (Å²) >= 11 is 0. The number of benzene rings is 2. The minimum atomic E-state index is -0.485. The Morgan fingerprint density at radius 2 is 1.96 bits per heavy atom. The van der Waals surface area contributed by atoms with Crippen LogP contribution in [0.15, 0.2) is 63.8 Å². The van der Waals surface area contributed by atoms with Gasteiger partial charge in [-0.05, 0) is 31.2 Å². The third-order valence-electron chi connectivity index (χ3n) is 3.26. The van der Waals surface area contributed by atoms with E-state index in [1.807, 2.05) is 6.92 Å². The molecule has 1 amide bonds. The minimum absolute atomic E-state index is 0.0319. The lowest BCUT2D eigenvalue weighted by molar-refractivity contribution is 0.0997. The fraction of sp³-hybridized carbons (Fsp3) is 0.111. The number of hydrogen-bond acceptors (Lipinski definition) is 4. The van der Waals surface area contributed by atoms with Crippen LogP contribution in [0.3, 0.4) is 0 Å². The summed E-state index contributed by atoms with van der Waals surface area (Å²) in [5.74, 6) is 0.141. The number of ether oxygens (including phenoxy) is 1. The van der Waals surface area contributed by atoms with Gasteiger partial charge >= 0.3 is 0 Å². The molecule has 0 saturated carbocycles. The molecule has 0 aliphatic heterocycles. The Hall–Kier alpha value is -3.08. The van der Waals surface area contributed by atoms with Gasteiger partial charge in [0, 0.05) is 17.8 Å². The second kappa shape index (κ2) is 6.36. The first kappa shape index (κ1) is 14.8. The van der Waals surface area contributed by atoms with Gasteiger partial charge in [-0.2, -0.15) is 0 Å². The van der Waals surface area contributed by atoms with Crippen molar-refractivity contribution in [3.05, 3.63) is 70.6 Å². The Morgan fingerprint density at radius 3 is 2.78 bits per heavy atom. The molecule has 3 aromatic rings. The maximum Gasteiger partial charge on any atom is 0.291 e. The summed E-state index contributed by atoms with van der Waals surface area (Å²) in [6.45, 7) is 2.42. The van der Waals surface area contributed by atoms with Crippen molar-refractivity contribution in [2.75, 3.05) is 11.9 Å². The third kappa shape index (κ3) is 3.23. The molecule has 1 N–H and O–H groups in total. The van der Waals surface area contributed by atoms with Gasteiger partial charge in [-0.25, -0.2) is 0 Å². The fourth-order valence-electron chi connectivity index (χ4n) is 2.24. The molecule has 0 aliphatic rings. The molecule has 23 heavy (non-hydrogen) atoms. The smallest absolute Gasteiger partial charge is 0.291 e. The van der Waals surface area contributed by atoms with Gasteiger partial charge in [-0.15, -0.1) is 0 Å². The van der Waals surface area contributed by atoms with Gasteiger partial charge in [0.05, 0.1) is 12.0 Å². The number of fused-ring (bicyclic) bond motifs is 1. The van der Waals surface area contributed by atoms with Gasteiger partial charge in [-0.3, -0.25) is 9.59 Å². The van der Waals surface area contributed by atoms with E-state index in [0.717, 1.165) is 0 Å². The highest BCUT2D eigenvalue weighted by molar-refractivity contribution is 6.03. The molecule has 5 heteroatoms. The number of carbonyl (C=O) groups excluding carboxylic acids is 1. The molecule has 0 aliphatic carbocycles. The summed E-state index contributed by atoms with van der Waals surface area (Å²) in [5, 5.41) is 3.14. The van der Waals surface area contributed by atoms with Gasteiger partial charge in [0.25, 0.3) is 5.91 Å². The largest absolute Gasteiger partial charge is 0.494 e. The summed E-state index contributed by atoms with van der Waals surface area (Å²) in [5.41, 5.74) is 0.699. The molecule has 2 aromatic carbocycles. The highest BCUT2D eigenvalue weighted by atomic mass is 16.5. The highest BCUT2D eigenvalue weighted by Crippen LogP contribution is 2.18. The molecular weight excluding hydrogens is 294 g/mol. The normalized spacial score (nSPS) is 10.5. The standard InChI is InChI=1S/C18H15NO4/c1-2-22-13-7-5-6-12(10-13)19-18(21)17-11-15(20)14-8-3-4-9-16(14)23-17/h3-11H,2H2,1H3,(H,19,21). The number of hydrogen-bond donors (Lipinski definition) is 1. The van der Waals surface area contributed by atoms with Crippen molar-refractivity contribution < 1.29 is 13.9 Å². The van der Waals surface area contributed by atoms with Crippen LogP contribution in [0.1, 0.15) is 17.5 Å². The number of carbonyl (C=O) groups is 1. The van der Waals surface area contributed by atoms with E-state index in [-0.39, 0.29) is 11.2 Å². The number of nitrogens with one attached hydrogen (secondary N) is 1. The highest BCUT2D eigenvalue weighted by Gasteiger charge is 2.12. The summed E-state index contributed by atoms with van der Waals surface area (Å²) in [7, 11) is 0. The molecule has 0 bridgehead atoms. The Labute approximate surface area is 132 Å². The van der Waals surface area contributed by atoms with Crippen molar-refractivity contribution >= 4 is 22.6 Å². The lowest BCUT2D eigenvalue weighted by Crippen LogP contribution is -2.15. The van der Waals surface area contributed by atoms with Crippen LogP contribution < -0.4 is 15.5 Å². The maximum absolute atomic E-state index is 12.3. The predicted molar refractivity (Wildman–Crippen MR) is 88.0 cm³/mol. The van der Waals surface area contributed by atoms with Gasteiger partial charge < -0.3 is 14.5 Å². The predicted octanol–water partition coefficient (Wildman–Crippen LogP) is 3.44. The van der Waals surface area contributed by atoms with E-state index in [2.05, 4.69) is 5.32 Å². The van der Waals surface area contributed by atoms with Crippen LogP contribution >= 0.6 is 0 Å². The van der Waals surface area contributed by atoms with E-state index < -0.39 is 5.91 Å². The van der Waals surface area contributed by atoms with E-state index in [4.69, 9.17) is 9.15 Å². The first-order valence-electron chi connectivity index (χ1n) is 7.24. The lowest BCUT2D eigenvalue weighted by atomic mass is 10.2. The number of rotatable bonds is 4. The van der Waals surface area contributed by atoms with Gasteiger partial charge in [-0.1, -0.05) is 18.2 Å². The SMILES string of the molecule is CCOc1cccc(NC(=O)c2cc(=O)c3ccccc3o2)c1. The summed E-state index contributed by atoms with van der Waals surface area (Å²) < 4.78 is 10.9. The monoisotopic (exact) mass is 309 g/mol. The van der Waals surface area contributed by atoms with Gasteiger partial charge in [0.2, 0.25) is 0 Å². The van der Waals surface area contributed by atoms with Crippen LogP contribution in [0.5, 0.6) is 5.75 Å². The van der Waals surface area contributed by atoms with E-state index >= 15 is 0 Å². The van der Waals surface area contributed by atoms with Crippen LogP contribution in [0.25, 0.3) is 11.0 Å². The molecule has 0 spiro atoms. The van der Waals surface area contributed by atoms with Crippen LogP contribution in [0.2, 0.25) is 0 Å². The zero-order valence-corrected chi connectivity index (χ0v) is 12.5. The van der Waals surface area contributed by atoms with Crippen molar-refractivity contribution in [1.82, 2.24) is 0 Å². The summed E-state index contributed by atoms with van der Waals surface area (Å²) in [4.78, 5) is 24.3. The van der Waals surface area contributed by atoms with Crippen LogP contribution in [-0.4, -0.2) is 12.5 Å². The maximum atomic E-state index is 12.3. The number of anilines is 1. The van der Waals surface area contributed by atoms with E-state index in [9.17, 15) is 9.59 Å². The molecule has 0 atom stereocenters. The molecule has 0 radical (unpaired) electrons. The second-order valence-electron chi connectivity index (χ2n) is 4.89. The molecule has 0 saturated heterocycles. The minimum Gasteiger partial charge on any atom is -0.494 e. The Kier molecular flexibility index (Phi) is 4.10. The van der Waals surface area contributed by atoms with Crippen molar-refractivity contribution in [3.63, 3.8) is 0 Å². The van der Waals surface area contributed by atoms with Crippen molar-refractivity contribution in [2.45, 2.75) is 6.92 Å². The zero-order chi connectivity index (χ0) is 16.2. The molecule has 5 nitrogen and oxygen atoms in total. The topological polar surface area (TPSA) is 68.5 Å². The van der Waals surface area contributed by atoms with E-state index in [1.165, 1.54) is 6.07 Å². The molecule has 1 heterocycles. The third-order valence-corrected chi connectivity index (χ3v) is 3.26. The molecular formula is C18H15NO4. The Morgan fingerprint density at radius 1 is 1.13 bits per heavy atom.